The number of unbranched alkanes of at least 4 members (excludes halogenated alkanes) is 23. The number of carboxylic acid groups (broad SMARTS) is 1. The zero-order valence-corrected chi connectivity index (χ0v) is 25.1. The summed E-state index contributed by atoms with van der Waals surface area (Å²) >= 11 is 0. The van der Waals surface area contributed by atoms with Crippen molar-refractivity contribution in [1.82, 2.24) is 0 Å². The zero-order valence-electron chi connectivity index (χ0n) is 25.1. The lowest BCUT2D eigenvalue weighted by molar-refractivity contribution is -0.137. The average molecular weight is 509 g/mol. The maximum absolute atomic E-state index is 10.9. The summed E-state index contributed by atoms with van der Waals surface area (Å²) in [6, 6.07) is 0. The Balaban J connectivity index is 3.66. The highest BCUT2D eigenvalue weighted by Crippen LogP contribution is 2.24. The van der Waals surface area contributed by atoms with E-state index in [0.29, 0.717) is 6.42 Å². The summed E-state index contributed by atoms with van der Waals surface area (Å²) in [5.74, 6) is 0.139. The van der Waals surface area contributed by atoms with Crippen molar-refractivity contribution >= 4 is 5.97 Å². The molecule has 0 aliphatic carbocycles. The summed E-state index contributed by atoms with van der Waals surface area (Å²) in [4.78, 5) is 10.9. The Morgan fingerprint density at radius 2 is 0.667 bits per heavy atom. The molecule has 2 nitrogen and oxygen atoms in total. The summed E-state index contributed by atoms with van der Waals surface area (Å²) in [6.45, 7) is 4.58. The van der Waals surface area contributed by atoms with E-state index in [2.05, 4.69) is 13.8 Å². The Morgan fingerprint density at radius 3 is 0.944 bits per heavy atom. The minimum Gasteiger partial charge on any atom is -0.481 e. The molecule has 0 aromatic carbocycles. The lowest BCUT2D eigenvalue weighted by Gasteiger charge is -2.16. The number of hydrogen-bond donors (Lipinski definition) is 1. The van der Waals surface area contributed by atoms with Gasteiger partial charge in [0, 0.05) is 6.42 Å². The van der Waals surface area contributed by atoms with E-state index in [-0.39, 0.29) is 0 Å². The summed E-state index contributed by atoms with van der Waals surface area (Å²) < 4.78 is 0. The normalized spacial score (nSPS) is 12.3. The molecule has 1 atom stereocenters. The summed E-state index contributed by atoms with van der Waals surface area (Å²) in [5, 5.41) is 9.01. The molecule has 0 amide bonds. The third-order valence-corrected chi connectivity index (χ3v) is 8.18. The number of hydrogen-bond acceptors (Lipinski definition) is 1. The molecular formula is C34H68O2. The van der Waals surface area contributed by atoms with E-state index in [1.807, 2.05) is 0 Å². The van der Waals surface area contributed by atoms with Crippen LogP contribution in [-0.4, -0.2) is 11.1 Å². The van der Waals surface area contributed by atoms with E-state index in [4.69, 9.17) is 5.11 Å². The van der Waals surface area contributed by atoms with Crippen LogP contribution in [0, 0.1) is 5.92 Å². The van der Waals surface area contributed by atoms with Crippen molar-refractivity contribution in [2.45, 2.75) is 206 Å². The topological polar surface area (TPSA) is 37.3 Å². The van der Waals surface area contributed by atoms with Gasteiger partial charge in [-0.1, -0.05) is 187 Å². The van der Waals surface area contributed by atoms with Gasteiger partial charge in [-0.25, -0.2) is 0 Å². The second-order valence-corrected chi connectivity index (χ2v) is 11.9. The van der Waals surface area contributed by atoms with Crippen LogP contribution in [0.25, 0.3) is 0 Å². The van der Waals surface area contributed by atoms with Crippen molar-refractivity contribution in [3.63, 3.8) is 0 Å². The minimum absolute atomic E-state index is 0.355. The van der Waals surface area contributed by atoms with Gasteiger partial charge in [0.2, 0.25) is 0 Å². The molecule has 0 heterocycles. The van der Waals surface area contributed by atoms with Gasteiger partial charge in [-0.05, 0) is 18.8 Å². The molecule has 0 saturated heterocycles. The summed E-state index contributed by atoms with van der Waals surface area (Å²) in [5.41, 5.74) is 0. The lowest BCUT2D eigenvalue weighted by Crippen LogP contribution is -2.03. The number of aliphatic carboxylic acids is 1. The predicted octanol–water partition coefficient (Wildman–Crippen LogP) is 12.4. The molecule has 0 aliphatic heterocycles. The first kappa shape index (κ1) is 35.5. The van der Waals surface area contributed by atoms with Crippen molar-refractivity contribution in [3.8, 4) is 0 Å². The summed E-state index contributed by atoms with van der Waals surface area (Å²) in [6.07, 6.45) is 40.3. The van der Waals surface area contributed by atoms with Gasteiger partial charge >= 0.3 is 5.97 Å². The highest BCUT2D eigenvalue weighted by molar-refractivity contribution is 5.66. The van der Waals surface area contributed by atoms with Crippen LogP contribution >= 0.6 is 0 Å². The molecule has 2 heteroatoms. The average Bonchev–Trinajstić information content (AvgIpc) is 2.86. The summed E-state index contributed by atoms with van der Waals surface area (Å²) in [7, 11) is 0. The van der Waals surface area contributed by atoms with Gasteiger partial charge in [0.15, 0.2) is 0 Å². The fourth-order valence-electron chi connectivity index (χ4n) is 5.70. The molecule has 36 heavy (non-hydrogen) atoms. The molecule has 1 N–H and O–H groups in total. The molecule has 0 bridgehead atoms. The van der Waals surface area contributed by atoms with E-state index >= 15 is 0 Å². The molecular weight excluding hydrogens is 440 g/mol. The van der Waals surface area contributed by atoms with Gasteiger partial charge < -0.3 is 5.11 Å². The SMILES string of the molecule is CCCCCCCCCCCCCCCCC(CCCCCCCCCCCCC)CCCC(=O)O. The van der Waals surface area contributed by atoms with E-state index in [1.165, 1.54) is 173 Å². The van der Waals surface area contributed by atoms with Crippen molar-refractivity contribution in [3.05, 3.63) is 0 Å². The monoisotopic (exact) mass is 509 g/mol. The van der Waals surface area contributed by atoms with Crippen molar-refractivity contribution < 1.29 is 9.90 Å². The van der Waals surface area contributed by atoms with Crippen LogP contribution in [0.15, 0.2) is 0 Å². The smallest absolute Gasteiger partial charge is 0.303 e. The van der Waals surface area contributed by atoms with Gasteiger partial charge in [-0.3, -0.25) is 4.79 Å². The van der Waals surface area contributed by atoms with E-state index in [9.17, 15) is 4.79 Å². The second-order valence-electron chi connectivity index (χ2n) is 11.9. The van der Waals surface area contributed by atoms with E-state index < -0.39 is 5.97 Å². The molecule has 0 rings (SSSR count). The van der Waals surface area contributed by atoms with Crippen LogP contribution in [0.3, 0.4) is 0 Å². The van der Waals surface area contributed by atoms with Gasteiger partial charge in [0.1, 0.15) is 0 Å². The third kappa shape index (κ3) is 29.7. The predicted molar refractivity (Wildman–Crippen MR) is 161 cm³/mol. The van der Waals surface area contributed by atoms with E-state index in [1.54, 1.807) is 0 Å². The second kappa shape index (κ2) is 30.7. The Morgan fingerprint density at radius 1 is 0.417 bits per heavy atom. The van der Waals surface area contributed by atoms with Gasteiger partial charge in [0.25, 0.3) is 0 Å². The molecule has 0 fully saturated rings. The van der Waals surface area contributed by atoms with Crippen molar-refractivity contribution in [2.75, 3.05) is 0 Å². The van der Waals surface area contributed by atoms with Crippen LogP contribution in [0.4, 0.5) is 0 Å². The number of carbonyl (C=O) groups is 1. The largest absolute Gasteiger partial charge is 0.481 e. The van der Waals surface area contributed by atoms with Crippen LogP contribution in [0.2, 0.25) is 0 Å². The fourth-order valence-corrected chi connectivity index (χ4v) is 5.70. The van der Waals surface area contributed by atoms with Gasteiger partial charge in [-0.15, -0.1) is 0 Å². The Hall–Kier alpha value is -0.530. The van der Waals surface area contributed by atoms with Crippen LogP contribution < -0.4 is 0 Å². The quantitative estimate of drug-likeness (QED) is 0.0945. The first-order chi connectivity index (χ1) is 17.7. The Kier molecular flexibility index (Phi) is 30.2. The Bertz CT molecular complexity index is 419. The van der Waals surface area contributed by atoms with Crippen LogP contribution in [0.5, 0.6) is 0 Å². The number of carboxylic acids is 1. The molecule has 0 aromatic rings. The van der Waals surface area contributed by atoms with E-state index in [0.717, 1.165) is 18.8 Å². The molecule has 0 saturated carbocycles. The highest BCUT2D eigenvalue weighted by atomic mass is 16.4. The fraction of sp³-hybridized carbons (Fsp3) is 0.971. The zero-order chi connectivity index (χ0) is 26.4. The number of rotatable bonds is 31. The maximum atomic E-state index is 10.9. The van der Waals surface area contributed by atoms with Crippen LogP contribution in [-0.2, 0) is 4.79 Å². The molecule has 0 aromatic heterocycles. The third-order valence-electron chi connectivity index (χ3n) is 8.18. The molecule has 0 aliphatic rings. The van der Waals surface area contributed by atoms with Crippen molar-refractivity contribution in [1.29, 1.82) is 0 Å². The maximum Gasteiger partial charge on any atom is 0.303 e. The van der Waals surface area contributed by atoms with Crippen molar-refractivity contribution in [2.24, 2.45) is 5.92 Å². The first-order valence-corrected chi connectivity index (χ1v) is 16.9. The highest BCUT2D eigenvalue weighted by Gasteiger charge is 2.10. The van der Waals surface area contributed by atoms with Gasteiger partial charge in [0.05, 0.1) is 0 Å². The molecule has 0 spiro atoms. The molecule has 1 unspecified atom stereocenters. The van der Waals surface area contributed by atoms with Gasteiger partial charge in [-0.2, -0.15) is 0 Å². The molecule has 0 radical (unpaired) electrons. The first-order valence-electron chi connectivity index (χ1n) is 16.9. The Labute approximate surface area is 228 Å². The standard InChI is InChI=1S/C34H68O2/c1-3-5-7-9-11-13-15-16-17-19-21-23-25-27-30-33(31-28-32-34(35)36)29-26-24-22-20-18-14-12-10-8-6-4-2/h33H,3-32H2,1-2H3,(H,35,36). The lowest BCUT2D eigenvalue weighted by atomic mass is 9.90. The minimum atomic E-state index is -0.625. The van der Waals surface area contributed by atoms with Crippen LogP contribution in [0.1, 0.15) is 206 Å². The molecule has 216 valence electrons.